The number of aromatic nitrogens is 2. The molecule has 0 radical (unpaired) electrons. The lowest BCUT2D eigenvalue weighted by Crippen LogP contribution is -2.56. The summed E-state index contributed by atoms with van der Waals surface area (Å²) in [7, 11) is 0. The van der Waals surface area contributed by atoms with Crippen LogP contribution in [0.1, 0.15) is 48.8 Å². The van der Waals surface area contributed by atoms with Gasteiger partial charge in [-0.2, -0.15) is 0 Å². The summed E-state index contributed by atoms with van der Waals surface area (Å²) < 4.78 is 0. The van der Waals surface area contributed by atoms with Gasteiger partial charge in [0.2, 0.25) is 17.7 Å². The first-order valence-corrected chi connectivity index (χ1v) is 19.6. The molecule has 3 atom stereocenters. The van der Waals surface area contributed by atoms with Crippen LogP contribution in [0.15, 0.2) is 101 Å². The molecule has 0 aliphatic carbocycles. The maximum absolute atomic E-state index is 14.2. The predicted molar refractivity (Wildman–Crippen MR) is 215 cm³/mol. The van der Waals surface area contributed by atoms with Crippen molar-refractivity contribution in [3.05, 3.63) is 113 Å². The van der Waals surface area contributed by atoms with Gasteiger partial charge in [0.05, 0.1) is 11.1 Å². The molecule has 54 heavy (non-hydrogen) atoms. The number of amides is 3. The molecule has 2 unspecified atom stereocenters. The summed E-state index contributed by atoms with van der Waals surface area (Å²) in [5, 5.41) is 14.7. The van der Waals surface area contributed by atoms with Gasteiger partial charge in [-0.25, -0.2) is 4.98 Å². The Morgan fingerprint density at radius 1 is 0.741 bits per heavy atom. The number of aromatic amines is 1. The minimum atomic E-state index is -0.954. The highest BCUT2D eigenvalue weighted by molar-refractivity contribution is 7.99. The zero-order valence-corrected chi connectivity index (χ0v) is 31.6. The summed E-state index contributed by atoms with van der Waals surface area (Å²) in [5.41, 5.74) is 16.9. The molecule has 282 valence electrons. The van der Waals surface area contributed by atoms with Crippen LogP contribution >= 0.6 is 23.4 Å². The number of nitrogens with two attached hydrogens (primary N) is 2. The van der Waals surface area contributed by atoms with Gasteiger partial charge in [-0.15, -0.1) is 0 Å². The molecule has 11 nitrogen and oxygen atoms in total. The van der Waals surface area contributed by atoms with Crippen LogP contribution in [-0.4, -0.2) is 58.9 Å². The van der Waals surface area contributed by atoms with Crippen molar-refractivity contribution in [2.75, 3.05) is 13.1 Å². The van der Waals surface area contributed by atoms with E-state index in [1.54, 1.807) is 6.20 Å². The first-order valence-electron chi connectivity index (χ1n) is 18.4. The molecule has 3 aromatic carbocycles. The number of unbranched alkanes of at least 4 members (excludes halogenated alkanes) is 1. The number of halogens is 1. The summed E-state index contributed by atoms with van der Waals surface area (Å²) in [6.45, 7) is 1.34. The maximum Gasteiger partial charge on any atom is 0.243 e. The molecule has 1 aliphatic rings. The standard InChI is InChI=1S/C41H47ClN8O3S/c42-36-31(26-10-2-1-3-11-26)18-17-27-23-48-38(51)35(22-29-25-46-32-14-5-4-13-30(29)32)50-40(53)34(15-6-7-19-43)49-39(52)33(16-8-20-44)47-24-28-12-9-21-45-41(28)54-37(27)36/h1-5,9-14,17-18,21,25,33-35,46-47H,6-8,15-16,19-20,22-24,43-44H2,(H,48,51)(H,49,52)(H,50,53)/t33-,34?,35?/m1/s1. The first kappa shape index (κ1) is 39.0. The van der Waals surface area contributed by atoms with Crippen molar-refractivity contribution in [1.82, 2.24) is 31.2 Å². The molecule has 1 aliphatic heterocycles. The van der Waals surface area contributed by atoms with E-state index in [9.17, 15) is 14.4 Å². The average molecular weight is 767 g/mol. The molecular weight excluding hydrogens is 720 g/mol. The minimum absolute atomic E-state index is 0.147. The molecule has 13 heteroatoms. The maximum atomic E-state index is 14.2. The number of benzene rings is 3. The van der Waals surface area contributed by atoms with Gasteiger partial charge >= 0.3 is 0 Å². The van der Waals surface area contributed by atoms with Crippen LogP contribution < -0.4 is 32.7 Å². The van der Waals surface area contributed by atoms with Crippen molar-refractivity contribution in [3.8, 4) is 11.1 Å². The monoisotopic (exact) mass is 766 g/mol. The Balaban J connectivity index is 1.41. The highest BCUT2D eigenvalue weighted by Gasteiger charge is 2.30. The number of fused-ring (bicyclic) bond motifs is 3. The number of carbonyl (C=O) groups is 3. The Bertz CT molecular complexity index is 2060. The van der Waals surface area contributed by atoms with E-state index in [2.05, 4.69) is 26.3 Å². The van der Waals surface area contributed by atoms with Crippen LogP contribution in [0.3, 0.4) is 0 Å². The fourth-order valence-corrected chi connectivity index (χ4v) is 8.11. The molecular formula is C41H47ClN8O3S. The van der Waals surface area contributed by atoms with Crippen molar-refractivity contribution >= 4 is 52.0 Å². The summed E-state index contributed by atoms with van der Waals surface area (Å²) in [5.74, 6) is -1.13. The van der Waals surface area contributed by atoms with E-state index in [1.807, 2.05) is 85.1 Å². The number of carbonyl (C=O) groups excluding carboxylic acids is 3. The summed E-state index contributed by atoms with van der Waals surface area (Å²) in [4.78, 5) is 51.1. The van der Waals surface area contributed by atoms with Crippen molar-refractivity contribution in [3.63, 3.8) is 0 Å². The fourth-order valence-electron chi connectivity index (χ4n) is 6.66. The van der Waals surface area contributed by atoms with Crippen molar-refractivity contribution in [1.29, 1.82) is 0 Å². The number of nitrogens with one attached hydrogen (secondary N) is 5. The lowest BCUT2D eigenvalue weighted by atomic mass is 10.0. The molecule has 0 bridgehead atoms. The number of H-pyrrole nitrogens is 1. The summed E-state index contributed by atoms with van der Waals surface area (Å²) >= 11 is 8.66. The third-order valence-corrected chi connectivity index (χ3v) is 11.4. The molecule has 3 amide bonds. The number of hydrogen-bond donors (Lipinski definition) is 7. The van der Waals surface area contributed by atoms with Crippen LogP contribution in [0.25, 0.3) is 22.0 Å². The van der Waals surface area contributed by atoms with Crippen LogP contribution in [-0.2, 0) is 33.9 Å². The van der Waals surface area contributed by atoms with Gasteiger partial charge in [-0.1, -0.05) is 90.1 Å². The lowest BCUT2D eigenvalue weighted by Gasteiger charge is -2.25. The smallest absolute Gasteiger partial charge is 0.243 e. The Hall–Kier alpha value is -4.72. The largest absolute Gasteiger partial charge is 0.361 e. The second-order valence-corrected chi connectivity index (χ2v) is 14.8. The normalized spacial score (nSPS) is 18.6. The molecule has 0 spiro atoms. The number of pyridine rings is 1. The quantitative estimate of drug-likeness (QED) is 0.0948. The third-order valence-electron chi connectivity index (χ3n) is 9.63. The molecule has 9 N–H and O–H groups in total. The molecule has 2 aromatic heterocycles. The van der Waals surface area contributed by atoms with Gasteiger partial charge in [-0.05, 0) is 79.6 Å². The Kier molecular flexibility index (Phi) is 13.7. The van der Waals surface area contributed by atoms with Crippen molar-refractivity contribution in [2.45, 2.75) is 79.7 Å². The Morgan fingerprint density at radius 3 is 2.30 bits per heavy atom. The zero-order chi connectivity index (χ0) is 37.9. The number of hydrogen-bond acceptors (Lipinski definition) is 8. The van der Waals surface area contributed by atoms with E-state index in [0.29, 0.717) is 61.8 Å². The van der Waals surface area contributed by atoms with E-state index in [1.165, 1.54) is 11.8 Å². The first-order chi connectivity index (χ1) is 26.4. The second-order valence-electron chi connectivity index (χ2n) is 13.4. The molecule has 5 aromatic rings. The van der Waals surface area contributed by atoms with E-state index in [0.717, 1.165) is 43.6 Å². The van der Waals surface area contributed by atoms with Gasteiger partial charge in [0.15, 0.2) is 0 Å². The molecule has 6 rings (SSSR count). The highest BCUT2D eigenvalue weighted by atomic mass is 35.5. The van der Waals surface area contributed by atoms with Crippen LogP contribution in [0.2, 0.25) is 5.02 Å². The summed E-state index contributed by atoms with van der Waals surface area (Å²) in [6, 6.07) is 23.0. The molecule has 0 fully saturated rings. The van der Waals surface area contributed by atoms with E-state index >= 15 is 0 Å². The average Bonchev–Trinajstić information content (AvgIpc) is 3.60. The van der Waals surface area contributed by atoms with Crippen molar-refractivity contribution in [2.24, 2.45) is 11.5 Å². The number of para-hydroxylation sites is 1. The van der Waals surface area contributed by atoms with Gasteiger partial charge in [-0.3, -0.25) is 14.4 Å². The SMILES string of the molecule is NCCCCC1NC(=O)[C@@H](CCCN)NCc2cccnc2Sc2c(ccc(-c3ccccc3)c2Cl)CNC(=O)C(Cc2c[nH]c3ccccc23)NC1=O. The zero-order valence-electron chi connectivity index (χ0n) is 30.1. The minimum Gasteiger partial charge on any atom is -0.361 e. The van der Waals surface area contributed by atoms with Crippen LogP contribution in [0, 0.1) is 0 Å². The Labute approximate surface area is 324 Å². The predicted octanol–water partition coefficient (Wildman–Crippen LogP) is 5.20. The summed E-state index contributed by atoms with van der Waals surface area (Å²) in [6.07, 6.45) is 6.53. The number of nitrogens with zero attached hydrogens (tertiary/aromatic N) is 1. The van der Waals surface area contributed by atoms with Crippen LogP contribution in [0.5, 0.6) is 0 Å². The molecule has 0 saturated carbocycles. The number of rotatable bonds is 10. The van der Waals surface area contributed by atoms with Crippen molar-refractivity contribution < 1.29 is 14.4 Å². The van der Waals surface area contributed by atoms with E-state index in [4.69, 9.17) is 28.1 Å². The molecule has 0 saturated heterocycles. The van der Waals surface area contributed by atoms with Gasteiger partial charge in [0, 0.05) is 53.3 Å². The van der Waals surface area contributed by atoms with Gasteiger partial charge in [0.1, 0.15) is 17.1 Å². The van der Waals surface area contributed by atoms with E-state index in [-0.39, 0.29) is 24.8 Å². The van der Waals surface area contributed by atoms with Crippen LogP contribution in [0.4, 0.5) is 0 Å². The van der Waals surface area contributed by atoms with E-state index < -0.39 is 24.0 Å². The highest BCUT2D eigenvalue weighted by Crippen LogP contribution is 2.42. The van der Waals surface area contributed by atoms with Gasteiger partial charge in [0.25, 0.3) is 0 Å². The second kappa shape index (κ2) is 19.0. The molecule has 3 heterocycles. The third kappa shape index (κ3) is 9.68. The topological polar surface area (TPSA) is 180 Å². The lowest BCUT2D eigenvalue weighted by molar-refractivity contribution is -0.132. The Morgan fingerprint density at radius 2 is 1.48 bits per heavy atom. The fraction of sp³-hybridized carbons (Fsp3) is 0.317. The van der Waals surface area contributed by atoms with Gasteiger partial charge < -0.3 is 37.7 Å².